The van der Waals surface area contributed by atoms with E-state index >= 15 is 0 Å². The van der Waals surface area contributed by atoms with E-state index in [1.54, 1.807) is 42.5 Å². The number of hydrogen-bond acceptors (Lipinski definition) is 6. The van der Waals surface area contributed by atoms with Gasteiger partial charge in [0, 0.05) is 10.6 Å². The van der Waals surface area contributed by atoms with Gasteiger partial charge in [0.05, 0.1) is 15.6 Å². The maximum atomic E-state index is 12.7. The van der Waals surface area contributed by atoms with Crippen molar-refractivity contribution in [2.45, 2.75) is 0 Å². The standard InChI is InChI=1S/C18H12ClIN2O4S2/c1-26-13-7-9(6-12(20)15(13)23)8-14-17(25)22(18(27)28-14)21-16(24)10-2-4-11(19)5-3-10/h2-8,23H,1H3,(H,21,24)/b14-8+. The molecule has 1 saturated heterocycles. The van der Waals surface area contributed by atoms with Crippen LogP contribution in [0, 0.1) is 3.57 Å². The number of nitrogens with zero attached hydrogens (tertiary/aromatic N) is 1. The molecule has 0 atom stereocenters. The van der Waals surface area contributed by atoms with E-state index in [1.807, 2.05) is 22.6 Å². The van der Waals surface area contributed by atoms with Crippen LogP contribution in [0.3, 0.4) is 0 Å². The number of benzene rings is 2. The Morgan fingerprint density at radius 2 is 2.04 bits per heavy atom. The van der Waals surface area contributed by atoms with E-state index in [0.29, 0.717) is 30.4 Å². The van der Waals surface area contributed by atoms with Crippen molar-refractivity contribution in [1.29, 1.82) is 0 Å². The highest BCUT2D eigenvalue weighted by Crippen LogP contribution is 2.36. The average molecular weight is 547 g/mol. The SMILES string of the molecule is COc1cc(/C=C2/SC(=S)N(NC(=O)c3ccc(Cl)cc3)C2=O)cc(I)c1O. The summed E-state index contributed by atoms with van der Waals surface area (Å²) < 4.78 is 5.92. The van der Waals surface area contributed by atoms with Crippen molar-refractivity contribution in [3.8, 4) is 11.5 Å². The van der Waals surface area contributed by atoms with Gasteiger partial charge in [0.15, 0.2) is 15.8 Å². The van der Waals surface area contributed by atoms with Crippen molar-refractivity contribution in [3.05, 3.63) is 61.0 Å². The zero-order valence-electron chi connectivity index (χ0n) is 14.2. The van der Waals surface area contributed by atoms with Crippen LogP contribution >= 0.6 is 58.2 Å². The molecule has 28 heavy (non-hydrogen) atoms. The highest BCUT2D eigenvalue weighted by Gasteiger charge is 2.33. The van der Waals surface area contributed by atoms with E-state index in [4.69, 9.17) is 28.6 Å². The molecule has 1 aliphatic heterocycles. The smallest absolute Gasteiger partial charge is 0.285 e. The van der Waals surface area contributed by atoms with Crippen molar-refractivity contribution < 1.29 is 19.4 Å². The van der Waals surface area contributed by atoms with E-state index in [2.05, 4.69) is 5.43 Å². The van der Waals surface area contributed by atoms with Crippen LogP contribution in [-0.4, -0.2) is 33.4 Å². The Labute approximate surface area is 189 Å². The minimum atomic E-state index is -0.477. The number of thioether (sulfide) groups is 1. The Hall–Kier alpha value is -1.82. The number of phenols is 1. The highest BCUT2D eigenvalue weighted by molar-refractivity contribution is 14.1. The lowest BCUT2D eigenvalue weighted by Gasteiger charge is -2.15. The monoisotopic (exact) mass is 546 g/mol. The van der Waals surface area contributed by atoms with E-state index in [9.17, 15) is 14.7 Å². The number of carbonyl (C=O) groups excluding carboxylic acids is 2. The topological polar surface area (TPSA) is 78.9 Å². The minimum Gasteiger partial charge on any atom is -0.504 e. The molecule has 1 heterocycles. The first-order chi connectivity index (χ1) is 13.3. The zero-order valence-corrected chi connectivity index (χ0v) is 18.8. The molecule has 0 unspecified atom stereocenters. The number of methoxy groups -OCH3 is 1. The van der Waals surface area contributed by atoms with E-state index in [0.717, 1.165) is 16.8 Å². The van der Waals surface area contributed by atoms with Gasteiger partial charge < -0.3 is 9.84 Å². The number of thiocarbonyl (C=S) groups is 1. The van der Waals surface area contributed by atoms with Gasteiger partial charge in [-0.25, -0.2) is 0 Å². The summed E-state index contributed by atoms with van der Waals surface area (Å²) in [5, 5.41) is 11.5. The first kappa shape index (κ1) is 20.9. The van der Waals surface area contributed by atoms with Gasteiger partial charge in [0.1, 0.15) is 0 Å². The van der Waals surface area contributed by atoms with Gasteiger partial charge in [0.2, 0.25) is 0 Å². The zero-order chi connectivity index (χ0) is 20.4. The molecule has 0 saturated carbocycles. The third-order valence-corrected chi connectivity index (χ3v) is 6.06. The Bertz CT molecular complexity index is 1010. The molecule has 10 heteroatoms. The summed E-state index contributed by atoms with van der Waals surface area (Å²) in [4.78, 5) is 25.4. The summed E-state index contributed by atoms with van der Waals surface area (Å²) in [6, 6.07) is 9.58. The molecule has 2 N–H and O–H groups in total. The molecule has 0 radical (unpaired) electrons. The molecule has 0 aliphatic carbocycles. The van der Waals surface area contributed by atoms with Crippen LogP contribution in [0.1, 0.15) is 15.9 Å². The van der Waals surface area contributed by atoms with E-state index in [-0.39, 0.29) is 10.1 Å². The number of aromatic hydroxyl groups is 1. The lowest BCUT2D eigenvalue weighted by molar-refractivity contribution is -0.123. The average Bonchev–Trinajstić information content (AvgIpc) is 2.92. The van der Waals surface area contributed by atoms with Gasteiger partial charge >= 0.3 is 0 Å². The lowest BCUT2D eigenvalue weighted by Crippen LogP contribution is -2.44. The Kier molecular flexibility index (Phi) is 6.48. The van der Waals surface area contributed by atoms with E-state index in [1.165, 1.54) is 7.11 Å². The fraction of sp³-hybridized carbons (Fsp3) is 0.0556. The number of hydrogen-bond donors (Lipinski definition) is 2. The van der Waals surface area contributed by atoms with Gasteiger partial charge in [-0.1, -0.05) is 23.4 Å². The number of phenolic OH excluding ortho intramolecular Hbond substituents is 1. The predicted molar refractivity (Wildman–Crippen MR) is 121 cm³/mol. The second-order valence-corrected chi connectivity index (χ2v) is 8.79. The van der Waals surface area contributed by atoms with Crippen LogP contribution in [-0.2, 0) is 4.79 Å². The third-order valence-electron chi connectivity index (χ3n) is 3.68. The van der Waals surface area contributed by atoms with Gasteiger partial charge in [-0.3, -0.25) is 15.0 Å². The maximum Gasteiger partial charge on any atom is 0.285 e. The molecule has 144 valence electrons. The second-order valence-electron chi connectivity index (χ2n) is 5.52. The molecule has 2 amide bonds. The number of halogens is 2. The molecule has 3 rings (SSSR count). The molecule has 1 aliphatic rings. The van der Waals surface area contributed by atoms with Crippen LogP contribution in [0.15, 0.2) is 41.3 Å². The number of amides is 2. The lowest BCUT2D eigenvalue weighted by atomic mass is 10.2. The number of rotatable bonds is 4. The molecule has 2 aromatic carbocycles. The van der Waals surface area contributed by atoms with Crippen molar-refractivity contribution in [2.75, 3.05) is 7.11 Å². The van der Waals surface area contributed by atoms with E-state index < -0.39 is 11.8 Å². The summed E-state index contributed by atoms with van der Waals surface area (Å²) in [7, 11) is 1.45. The Balaban J connectivity index is 1.81. The first-order valence-corrected chi connectivity index (χ1v) is 10.4. The Morgan fingerprint density at radius 1 is 1.36 bits per heavy atom. The quantitative estimate of drug-likeness (QED) is 0.340. The number of nitrogens with one attached hydrogen (secondary N) is 1. The van der Waals surface area contributed by atoms with Crippen molar-refractivity contribution in [3.63, 3.8) is 0 Å². The third kappa shape index (κ3) is 4.43. The van der Waals surface area contributed by atoms with Crippen LogP contribution in [0.25, 0.3) is 6.08 Å². The number of hydrazine groups is 1. The number of carbonyl (C=O) groups is 2. The second kappa shape index (κ2) is 8.68. The molecule has 6 nitrogen and oxygen atoms in total. The normalized spacial score (nSPS) is 15.2. The molecule has 2 aromatic rings. The predicted octanol–water partition coefficient (Wildman–Crippen LogP) is 4.21. The van der Waals surface area contributed by atoms with Crippen LogP contribution in [0.5, 0.6) is 11.5 Å². The summed E-state index contributed by atoms with van der Waals surface area (Å²) in [6.45, 7) is 0. The van der Waals surface area contributed by atoms with Gasteiger partial charge in [-0.2, -0.15) is 5.01 Å². The van der Waals surface area contributed by atoms with Crippen LogP contribution in [0.2, 0.25) is 5.02 Å². The summed E-state index contributed by atoms with van der Waals surface area (Å²) in [5.41, 5.74) is 3.51. The van der Waals surface area contributed by atoms with Crippen molar-refractivity contribution in [1.82, 2.24) is 10.4 Å². The van der Waals surface area contributed by atoms with Gasteiger partial charge in [-0.05, 0) is 82.8 Å². The summed E-state index contributed by atoms with van der Waals surface area (Å²) >= 11 is 14.1. The fourth-order valence-corrected chi connectivity index (χ4v) is 4.25. The molecule has 0 bridgehead atoms. The molecular formula is C18H12ClIN2O4S2. The van der Waals surface area contributed by atoms with Gasteiger partial charge in [0.25, 0.3) is 11.8 Å². The Morgan fingerprint density at radius 3 is 2.68 bits per heavy atom. The fourth-order valence-electron chi connectivity index (χ4n) is 2.32. The largest absolute Gasteiger partial charge is 0.504 e. The first-order valence-electron chi connectivity index (χ1n) is 7.71. The van der Waals surface area contributed by atoms with Crippen molar-refractivity contribution >= 4 is 80.4 Å². The molecule has 0 spiro atoms. The van der Waals surface area contributed by atoms with Crippen molar-refractivity contribution in [2.24, 2.45) is 0 Å². The summed E-state index contributed by atoms with van der Waals surface area (Å²) in [6.07, 6.45) is 1.62. The molecule has 0 aromatic heterocycles. The molecular weight excluding hydrogens is 535 g/mol. The highest BCUT2D eigenvalue weighted by atomic mass is 127. The maximum absolute atomic E-state index is 12.7. The number of ether oxygens (including phenoxy) is 1. The minimum absolute atomic E-state index is 0.0306. The van der Waals surface area contributed by atoms with Crippen LogP contribution in [0.4, 0.5) is 0 Å². The van der Waals surface area contributed by atoms with Gasteiger partial charge in [-0.15, -0.1) is 0 Å². The molecule has 1 fully saturated rings. The van der Waals surface area contributed by atoms with Crippen LogP contribution < -0.4 is 10.2 Å². The summed E-state index contributed by atoms with van der Waals surface area (Å²) in [5.74, 6) is -0.595.